The number of nitrogens with zero attached hydrogens (tertiary/aromatic N) is 3. The molecule has 0 aliphatic heterocycles. The summed E-state index contributed by atoms with van der Waals surface area (Å²) >= 11 is 1.68. The Kier molecular flexibility index (Phi) is 3.28. The zero-order valence-corrected chi connectivity index (χ0v) is 12.3. The summed E-state index contributed by atoms with van der Waals surface area (Å²) in [5.74, 6) is 0. The van der Waals surface area contributed by atoms with Gasteiger partial charge in [-0.1, -0.05) is 0 Å². The van der Waals surface area contributed by atoms with Crippen LogP contribution in [0.4, 0.5) is 11.4 Å². The van der Waals surface area contributed by atoms with Crippen LogP contribution in [0.1, 0.15) is 10.6 Å². The van der Waals surface area contributed by atoms with Crippen molar-refractivity contribution in [3.8, 4) is 0 Å². The summed E-state index contributed by atoms with van der Waals surface area (Å²) in [5, 5.41) is 0.998. The fraction of sp³-hybridized carbons (Fsp3) is 0.200. The molecule has 3 rings (SSSR count). The summed E-state index contributed by atoms with van der Waals surface area (Å²) in [6.45, 7) is 2.87. The van der Waals surface area contributed by atoms with Gasteiger partial charge in [-0.2, -0.15) is 0 Å². The van der Waals surface area contributed by atoms with Gasteiger partial charge in [0.05, 0.1) is 29.0 Å². The molecule has 0 bridgehead atoms. The highest BCUT2D eigenvalue weighted by molar-refractivity contribution is 7.09. The summed E-state index contributed by atoms with van der Waals surface area (Å²) in [4.78, 5) is 12.2. The molecule has 5 heteroatoms. The zero-order valence-electron chi connectivity index (χ0n) is 11.5. The predicted molar refractivity (Wildman–Crippen MR) is 85.1 cm³/mol. The highest BCUT2D eigenvalue weighted by Gasteiger charge is 2.11. The van der Waals surface area contributed by atoms with E-state index < -0.39 is 0 Å². The lowest BCUT2D eigenvalue weighted by Gasteiger charge is -2.20. The molecule has 0 fully saturated rings. The quantitative estimate of drug-likeness (QED) is 0.750. The van der Waals surface area contributed by atoms with Crippen molar-refractivity contribution in [2.45, 2.75) is 13.5 Å². The van der Waals surface area contributed by atoms with E-state index in [1.165, 1.54) is 4.88 Å². The van der Waals surface area contributed by atoms with Crippen molar-refractivity contribution in [1.82, 2.24) is 9.97 Å². The number of anilines is 2. The maximum absolute atomic E-state index is 6.02. The van der Waals surface area contributed by atoms with Gasteiger partial charge in [0.2, 0.25) is 0 Å². The molecule has 4 nitrogen and oxygen atoms in total. The third-order valence-electron chi connectivity index (χ3n) is 3.42. The van der Waals surface area contributed by atoms with Gasteiger partial charge in [0, 0.05) is 29.2 Å². The molecule has 0 radical (unpaired) electrons. The number of rotatable bonds is 3. The molecule has 1 aromatic carbocycles. The molecular formula is C15H16N4S. The fourth-order valence-electron chi connectivity index (χ4n) is 2.27. The number of nitrogens with two attached hydrogens (primary N) is 1. The first kappa shape index (κ1) is 12.9. The standard InChI is InChI=1S/C15H16N4S/c1-10-14(20-9-18-10)8-19(2)13-6-5-12(16)11-4-3-7-17-15(11)13/h3-7,9H,8,16H2,1-2H3. The lowest BCUT2D eigenvalue weighted by Crippen LogP contribution is -2.17. The number of nitrogen functional groups attached to an aromatic ring is 1. The Hall–Kier alpha value is -2.14. The predicted octanol–water partition coefficient (Wildman–Crippen LogP) is 3.22. The van der Waals surface area contributed by atoms with Crippen LogP contribution in [0.2, 0.25) is 0 Å². The van der Waals surface area contributed by atoms with Crippen molar-refractivity contribution in [2.24, 2.45) is 0 Å². The Morgan fingerprint density at radius 2 is 2.10 bits per heavy atom. The van der Waals surface area contributed by atoms with Gasteiger partial charge in [0.25, 0.3) is 0 Å². The van der Waals surface area contributed by atoms with Crippen molar-refractivity contribution in [2.75, 3.05) is 17.7 Å². The molecule has 0 saturated heterocycles. The van der Waals surface area contributed by atoms with Crippen LogP contribution in [0.15, 0.2) is 36.0 Å². The fourth-order valence-corrected chi connectivity index (χ4v) is 3.10. The van der Waals surface area contributed by atoms with Gasteiger partial charge in [-0.3, -0.25) is 4.98 Å². The molecule has 0 amide bonds. The number of hydrogen-bond donors (Lipinski definition) is 1. The highest BCUT2D eigenvalue weighted by atomic mass is 32.1. The monoisotopic (exact) mass is 284 g/mol. The van der Waals surface area contributed by atoms with E-state index in [2.05, 4.69) is 21.9 Å². The van der Waals surface area contributed by atoms with E-state index in [1.807, 2.05) is 36.7 Å². The molecule has 20 heavy (non-hydrogen) atoms. The van der Waals surface area contributed by atoms with Crippen LogP contribution in [-0.2, 0) is 6.54 Å². The lowest BCUT2D eigenvalue weighted by atomic mass is 10.1. The zero-order chi connectivity index (χ0) is 14.1. The molecule has 0 aliphatic rings. The average molecular weight is 284 g/mol. The number of aryl methyl sites for hydroxylation is 1. The van der Waals surface area contributed by atoms with Crippen LogP contribution < -0.4 is 10.6 Å². The first-order valence-electron chi connectivity index (χ1n) is 6.40. The van der Waals surface area contributed by atoms with Crippen molar-refractivity contribution in [3.63, 3.8) is 0 Å². The second kappa shape index (κ2) is 5.09. The van der Waals surface area contributed by atoms with Gasteiger partial charge in [0.1, 0.15) is 0 Å². The molecule has 3 aromatic rings. The van der Waals surface area contributed by atoms with Gasteiger partial charge in [-0.15, -0.1) is 11.3 Å². The lowest BCUT2D eigenvalue weighted by molar-refractivity contribution is 0.929. The Morgan fingerprint density at radius 1 is 1.25 bits per heavy atom. The smallest absolute Gasteiger partial charge is 0.0955 e. The Morgan fingerprint density at radius 3 is 2.85 bits per heavy atom. The van der Waals surface area contributed by atoms with Crippen LogP contribution >= 0.6 is 11.3 Å². The molecule has 0 unspecified atom stereocenters. The molecule has 0 saturated carbocycles. The summed E-state index contributed by atoms with van der Waals surface area (Å²) in [7, 11) is 2.07. The molecule has 2 heterocycles. The minimum Gasteiger partial charge on any atom is -0.398 e. The average Bonchev–Trinajstić information content (AvgIpc) is 2.85. The molecule has 0 aliphatic carbocycles. The number of hydrogen-bond acceptors (Lipinski definition) is 5. The van der Waals surface area contributed by atoms with Gasteiger partial charge in [0.15, 0.2) is 0 Å². The van der Waals surface area contributed by atoms with Gasteiger partial charge < -0.3 is 10.6 Å². The number of thiazole rings is 1. The van der Waals surface area contributed by atoms with E-state index >= 15 is 0 Å². The van der Waals surface area contributed by atoms with Crippen LogP contribution in [0.25, 0.3) is 10.9 Å². The van der Waals surface area contributed by atoms with Crippen LogP contribution in [-0.4, -0.2) is 17.0 Å². The van der Waals surface area contributed by atoms with Gasteiger partial charge in [-0.25, -0.2) is 4.98 Å². The second-order valence-electron chi connectivity index (χ2n) is 4.79. The minimum atomic E-state index is 0.763. The second-order valence-corrected chi connectivity index (χ2v) is 5.73. The van der Waals surface area contributed by atoms with Crippen LogP contribution in [0.5, 0.6) is 0 Å². The summed E-state index contributed by atoms with van der Waals surface area (Å²) in [6, 6.07) is 7.89. The maximum atomic E-state index is 6.02. The van der Waals surface area contributed by atoms with E-state index in [4.69, 9.17) is 5.73 Å². The number of benzene rings is 1. The number of pyridine rings is 1. The van der Waals surface area contributed by atoms with Crippen LogP contribution in [0, 0.1) is 6.92 Å². The molecule has 0 atom stereocenters. The number of fused-ring (bicyclic) bond motifs is 1. The normalized spacial score (nSPS) is 10.9. The van der Waals surface area contributed by atoms with Crippen molar-refractivity contribution in [3.05, 3.63) is 46.5 Å². The van der Waals surface area contributed by atoms with Crippen molar-refractivity contribution < 1.29 is 0 Å². The van der Waals surface area contributed by atoms with Gasteiger partial charge >= 0.3 is 0 Å². The molecule has 2 N–H and O–H groups in total. The number of aromatic nitrogens is 2. The minimum absolute atomic E-state index is 0.763. The first-order valence-corrected chi connectivity index (χ1v) is 7.28. The van der Waals surface area contributed by atoms with E-state index in [1.54, 1.807) is 17.5 Å². The Bertz CT molecular complexity index is 750. The van der Waals surface area contributed by atoms with E-state index in [0.717, 1.165) is 34.5 Å². The summed E-state index contributed by atoms with van der Waals surface area (Å²) in [5.41, 5.74) is 11.8. The van der Waals surface area contributed by atoms with E-state index in [9.17, 15) is 0 Å². The van der Waals surface area contributed by atoms with Crippen molar-refractivity contribution >= 4 is 33.6 Å². The summed E-state index contributed by atoms with van der Waals surface area (Å²) in [6.07, 6.45) is 1.80. The molecule has 0 spiro atoms. The first-order chi connectivity index (χ1) is 9.66. The molecular weight excluding hydrogens is 268 g/mol. The van der Waals surface area contributed by atoms with E-state index in [-0.39, 0.29) is 0 Å². The third-order valence-corrected chi connectivity index (χ3v) is 4.34. The third kappa shape index (κ3) is 2.20. The SMILES string of the molecule is Cc1ncsc1CN(C)c1ccc(N)c2cccnc12. The maximum Gasteiger partial charge on any atom is 0.0955 e. The van der Waals surface area contributed by atoms with Gasteiger partial charge in [-0.05, 0) is 31.2 Å². The summed E-state index contributed by atoms with van der Waals surface area (Å²) < 4.78 is 0. The van der Waals surface area contributed by atoms with Crippen LogP contribution in [0.3, 0.4) is 0 Å². The van der Waals surface area contributed by atoms with E-state index in [0.29, 0.717) is 0 Å². The topological polar surface area (TPSA) is 55.0 Å². The Balaban J connectivity index is 2.02. The molecule has 102 valence electrons. The Labute approximate surface area is 121 Å². The highest BCUT2D eigenvalue weighted by Crippen LogP contribution is 2.29. The largest absolute Gasteiger partial charge is 0.398 e. The van der Waals surface area contributed by atoms with Crippen molar-refractivity contribution in [1.29, 1.82) is 0 Å². The molecule has 2 aromatic heterocycles.